The standard InChI is InChI=1S/C24H26N2O3/c1-29-22-10-6-5-9-20(22)17-21(18-7-3-2-4-8-18)24(28)26-15-13-25(14-16-26)23(27)19-11-12-19/h2-10,17,19H,11-16H2,1H3. The predicted octanol–water partition coefficient (Wildman–Crippen LogP) is 3.32. The summed E-state index contributed by atoms with van der Waals surface area (Å²) in [5.41, 5.74) is 2.38. The van der Waals surface area contributed by atoms with Gasteiger partial charge in [0.05, 0.1) is 7.11 Å². The van der Waals surface area contributed by atoms with Gasteiger partial charge in [0.15, 0.2) is 0 Å². The van der Waals surface area contributed by atoms with E-state index < -0.39 is 0 Å². The molecule has 0 unspecified atom stereocenters. The normalized spacial score (nSPS) is 17.2. The summed E-state index contributed by atoms with van der Waals surface area (Å²) in [7, 11) is 1.63. The van der Waals surface area contributed by atoms with Gasteiger partial charge in [0, 0.05) is 43.2 Å². The smallest absolute Gasteiger partial charge is 0.254 e. The van der Waals surface area contributed by atoms with E-state index in [0.717, 1.165) is 29.7 Å². The molecule has 2 aromatic carbocycles. The van der Waals surface area contributed by atoms with Crippen molar-refractivity contribution in [3.05, 3.63) is 65.7 Å². The van der Waals surface area contributed by atoms with Gasteiger partial charge in [0.2, 0.25) is 5.91 Å². The fourth-order valence-corrected chi connectivity index (χ4v) is 3.72. The molecule has 5 nitrogen and oxygen atoms in total. The van der Waals surface area contributed by atoms with Gasteiger partial charge in [-0.2, -0.15) is 0 Å². The molecule has 2 amide bonds. The van der Waals surface area contributed by atoms with Crippen LogP contribution in [0.15, 0.2) is 54.6 Å². The third kappa shape index (κ3) is 4.34. The average molecular weight is 390 g/mol. The number of carbonyl (C=O) groups excluding carboxylic acids is 2. The molecule has 0 N–H and O–H groups in total. The fraction of sp³-hybridized carbons (Fsp3) is 0.333. The molecule has 1 aliphatic heterocycles. The Labute approximate surface area is 171 Å². The number of methoxy groups -OCH3 is 1. The highest BCUT2D eigenvalue weighted by atomic mass is 16.5. The van der Waals surface area contributed by atoms with Crippen molar-refractivity contribution >= 4 is 23.5 Å². The molecule has 150 valence electrons. The molecule has 2 aliphatic rings. The second-order valence-electron chi connectivity index (χ2n) is 7.56. The van der Waals surface area contributed by atoms with Crippen molar-refractivity contribution in [3.8, 4) is 5.75 Å². The van der Waals surface area contributed by atoms with Gasteiger partial charge in [-0.25, -0.2) is 0 Å². The first-order valence-corrected chi connectivity index (χ1v) is 10.2. The molecule has 29 heavy (non-hydrogen) atoms. The van der Waals surface area contributed by atoms with Crippen LogP contribution in [0.1, 0.15) is 24.0 Å². The van der Waals surface area contributed by atoms with Crippen LogP contribution < -0.4 is 4.74 Å². The van der Waals surface area contributed by atoms with Gasteiger partial charge >= 0.3 is 0 Å². The van der Waals surface area contributed by atoms with Crippen LogP contribution in [0.4, 0.5) is 0 Å². The molecule has 1 heterocycles. The van der Waals surface area contributed by atoms with Crippen molar-refractivity contribution < 1.29 is 14.3 Å². The van der Waals surface area contributed by atoms with Crippen molar-refractivity contribution in [1.82, 2.24) is 9.80 Å². The third-order valence-corrected chi connectivity index (χ3v) is 5.56. The van der Waals surface area contributed by atoms with E-state index in [1.54, 1.807) is 7.11 Å². The van der Waals surface area contributed by atoms with Gasteiger partial charge in [-0.15, -0.1) is 0 Å². The van der Waals surface area contributed by atoms with E-state index in [0.29, 0.717) is 31.8 Å². The number of nitrogens with zero attached hydrogens (tertiary/aromatic N) is 2. The van der Waals surface area contributed by atoms with E-state index in [2.05, 4.69) is 0 Å². The molecular formula is C24H26N2O3. The van der Waals surface area contributed by atoms with Crippen LogP contribution in [0.5, 0.6) is 5.75 Å². The molecule has 2 aromatic rings. The maximum atomic E-state index is 13.4. The summed E-state index contributed by atoms with van der Waals surface area (Å²) in [6.07, 6.45) is 3.92. The molecule has 0 aromatic heterocycles. The zero-order valence-electron chi connectivity index (χ0n) is 16.7. The zero-order valence-corrected chi connectivity index (χ0v) is 16.7. The number of amides is 2. The Kier molecular flexibility index (Phi) is 5.65. The van der Waals surface area contributed by atoms with Gasteiger partial charge in [0.1, 0.15) is 5.75 Å². The second-order valence-corrected chi connectivity index (χ2v) is 7.56. The van der Waals surface area contributed by atoms with Crippen molar-refractivity contribution in [2.45, 2.75) is 12.8 Å². The molecular weight excluding hydrogens is 364 g/mol. The number of rotatable bonds is 5. The molecule has 5 heteroatoms. The highest BCUT2D eigenvalue weighted by molar-refractivity contribution is 6.24. The lowest BCUT2D eigenvalue weighted by Crippen LogP contribution is -2.51. The Morgan fingerprint density at radius 3 is 2.17 bits per heavy atom. The van der Waals surface area contributed by atoms with Crippen molar-refractivity contribution in [2.24, 2.45) is 5.92 Å². The van der Waals surface area contributed by atoms with Crippen LogP contribution >= 0.6 is 0 Å². The van der Waals surface area contributed by atoms with Crippen LogP contribution in [0.2, 0.25) is 0 Å². The van der Waals surface area contributed by atoms with Crippen LogP contribution in [0.3, 0.4) is 0 Å². The summed E-state index contributed by atoms with van der Waals surface area (Å²) in [6.45, 7) is 2.34. The van der Waals surface area contributed by atoms with Gasteiger partial charge in [0.25, 0.3) is 5.91 Å². The Morgan fingerprint density at radius 1 is 0.897 bits per heavy atom. The molecule has 0 radical (unpaired) electrons. The van der Waals surface area contributed by atoms with E-state index in [9.17, 15) is 9.59 Å². The minimum Gasteiger partial charge on any atom is -0.496 e. The van der Waals surface area contributed by atoms with Crippen molar-refractivity contribution in [1.29, 1.82) is 0 Å². The van der Waals surface area contributed by atoms with Gasteiger partial charge < -0.3 is 14.5 Å². The van der Waals surface area contributed by atoms with E-state index >= 15 is 0 Å². The number of benzene rings is 2. The Morgan fingerprint density at radius 2 is 1.52 bits per heavy atom. The van der Waals surface area contributed by atoms with E-state index in [4.69, 9.17) is 4.74 Å². The van der Waals surface area contributed by atoms with Crippen LogP contribution in [0.25, 0.3) is 11.6 Å². The number of hydrogen-bond acceptors (Lipinski definition) is 3. The minimum atomic E-state index is -0.0133. The second kappa shape index (κ2) is 8.52. The van der Waals surface area contributed by atoms with Gasteiger partial charge in [-0.05, 0) is 30.5 Å². The number of para-hydroxylation sites is 1. The molecule has 0 atom stereocenters. The van der Waals surface area contributed by atoms with E-state index in [1.807, 2.05) is 70.5 Å². The molecule has 2 fully saturated rings. The lowest BCUT2D eigenvalue weighted by atomic mass is 10.0. The average Bonchev–Trinajstić information content (AvgIpc) is 3.63. The van der Waals surface area contributed by atoms with Crippen LogP contribution in [-0.2, 0) is 9.59 Å². The lowest BCUT2D eigenvalue weighted by Gasteiger charge is -2.35. The highest BCUT2D eigenvalue weighted by Gasteiger charge is 2.35. The third-order valence-electron chi connectivity index (χ3n) is 5.56. The topological polar surface area (TPSA) is 49.9 Å². The molecule has 4 rings (SSSR count). The van der Waals surface area contributed by atoms with Crippen molar-refractivity contribution in [2.75, 3.05) is 33.3 Å². The number of ether oxygens (including phenoxy) is 1. The fourth-order valence-electron chi connectivity index (χ4n) is 3.72. The van der Waals surface area contributed by atoms with E-state index in [1.165, 1.54) is 0 Å². The minimum absolute atomic E-state index is 0.0133. The Hall–Kier alpha value is -3.08. The molecule has 1 aliphatic carbocycles. The molecule has 0 spiro atoms. The monoisotopic (exact) mass is 390 g/mol. The van der Waals surface area contributed by atoms with E-state index in [-0.39, 0.29) is 17.7 Å². The maximum Gasteiger partial charge on any atom is 0.254 e. The summed E-state index contributed by atoms with van der Waals surface area (Å²) < 4.78 is 5.46. The molecule has 0 bridgehead atoms. The largest absolute Gasteiger partial charge is 0.496 e. The van der Waals surface area contributed by atoms with Crippen LogP contribution in [-0.4, -0.2) is 54.9 Å². The summed E-state index contributed by atoms with van der Waals surface area (Å²) in [5.74, 6) is 1.20. The first-order chi connectivity index (χ1) is 14.2. The first-order valence-electron chi connectivity index (χ1n) is 10.2. The molecule has 1 saturated heterocycles. The Bertz CT molecular complexity index is 911. The maximum absolute atomic E-state index is 13.4. The van der Waals surface area contributed by atoms with Crippen molar-refractivity contribution in [3.63, 3.8) is 0 Å². The molecule has 1 saturated carbocycles. The Balaban J connectivity index is 1.57. The lowest BCUT2D eigenvalue weighted by molar-refractivity contribution is -0.137. The predicted molar refractivity (Wildman–Crippen MR) is 113 cm³/mol. The number of piperazine rings is 1. The summed E-state index contributed by atoms with van der Waals surface area (Å²) >= 11 is 0. The summed E-state index contributed by atoms with van der Waals surface area (Å²) in [4.78, 5) is 29.5. The quantitative estimate of drug-likeness (QED) is 0.581. The van der Waals surface area contributed by atoms with Gasteiger partial charge in [-0.1, -0.05) is 48.5 Å². The van der Waals surface area contributed by atoms with Gasteiger partial charge in [-0.3, -0.25) is 9.59 Å². The zero-order chi connectivity index (χ0) is 20.2. The van der Waals surface area contributed by atoms with Crippen LogP contribution in [0, 0.1) is 5.92 Å². The first kappa shape index (κ1) is 19.2. The summed E-state index contributed by atoms with van der Waals surface area (Å²) in [5, 5.41) is 0. The number of carbonyl (C=O) groups is 2. The summed E-state index contributed by atoms with van der Waals surface area (Å²) in [6, 6.07) is 17.4. The SMILES string of the molecule is COc1ccccc1C=C(C(=O)N1CCN(C(=O)C2CC2)CC1)c1ccccc1. The highest BCUT2D eigenvalue weighted by Crippen LogP contribution is 2.31. The number of hydrogen-bond donors (Lipinski definition) is 0.